The van der Waals surface area contributed by atoms with Crippen LogP contribution in [0.25, 0.3) is 21.5 Å². The molecule has 0 aliphatic carbocycles. The molecule has 0 spiro atoms. The van der Waals surface area contributed by atoms with Gasteiger partial charge in [-0.25, -0.2) is 0 Å². The van der Waals surface area contributed by atoms with Gasteiger partial charge in [-0.1, -0.05) is 64.1 Å². The van der Waals surface area contributed by atoms with Crippen LogP contribution in [-0.4, -0.2) is 19.3 Å². The van der Waals surface area contributed by atoms with Crippen molar-refractivity contribution in [3.8, 4) is 0 Å². The Balaban J connectivity index is 0.000000614. The maximum Gasteiger partial charge on any atom is 0.0905 e. The lowest BCUT2D eigenvalue weighted by Crippen LogP contribution is -2.49. The summed E-state index contributed by atoms with van der Waals surface area (Å²) in [5, 5.41) is 5.48. The van der Waals surface area contributed by atoms with Gasteiger partial charge in [0.2, 0.25) is 0 Å². The SMILES string of the molecule is CC.CC.Cc1c2c3c(cccc3c3ccccc13)N(C)CN2C(C)(C)C. The standard InChI is InChI=1S/C21H24N2.2C2H6/c1-14-15-9-6-7-10-16(15)17-11-8-12-18-19(17)20(14)23(13-22(18)5)21(2,3)4;2*1-2/h6-12H,13H2,1-5H3;2*1-2H3. The predicted octanol–water partition coefficient (Wildman–Crippen LogP) is 7.37. The number of aryl methyl sites for hydroxylation is 1. The predicted molar refractivity (Wildman–Crippen MR) is 124 cm³/mol. The third kappa shape index (κ3) is 3.50. The number of anilines is 2. The molecule has 1 heterocycles. The molecule has 0 fully saturated rings. The van der Waals surface area contributed by atoms with Gasteiger partial charge in [0.15, 0.2) is 0 Å². The van der Waals surface area contributed by atoms with Gasteiger partial charge in [-0.15, -0.1) is 0 Å². The van der Waals surface area contributed by atoms with Gasteiger partial charge in [0, 0.05) is 23.7 Å². The number of nitrogens with zero attached hydrogens (tertiary/aromatic N) is 2. The molecule has 0 atom stereocenters. The van der Waals surface area contributed by atoms with Crippen molar-refractivity contribution in [2.45, 2.75) is 60.9 Å². The molecular formula is C25H36N2. The van der Waals surface area contributed by atoms with E-state index in [1.807, 2.05) is 27.7 Å². The minimum atomic E-state index is 0.0853. The van der Waals surface area contributed by atoms with E-state index in [9.17, 15) is 0 Å². The molecule has 2 heteroatoms. The minimum Gasteiger partial charge on any atom is -0.356 e. The number of hydrogen-bond acceptors (Lipinski definition) is 2. The van der Waals surface area contributed by atoms with Gasteiger partial charge in [-0.2, -0.15) is 0 Å². The lowest BCUT2D eigenvalue weighted by molar-refractivity contribution is 0.500. The summed E-state index contributed by atoms with van der Waals surface area (Å²) in [5.41, 5.74) is 4.22. The van der Waals surface area contributed by atoms with Gasteiger partial charge in [0.1, 0.15) is 0 Å². The number of hydrogen-bond donors (Lipinski definition) is 0. The van der Waals surface area contributed by atoms with Gasteiger partial charge in [0.25, 0.3) is 0 Å². The van der Waals surface area contributed by atoms with Crippen LogP contribution in [0.2, 0.25) is 0 Å². The van der Waals surface area contributed by atoms with Crippen LogP contribution in [0.3, 0.4) is 0 Å². The Bertz CT molecular complexity index is 919. The first-order chi connectivity index (χ1) is 12.9. The summed E-state index contributed by atoms with van der Waals surface area (Å²) in [4.78, 5) is 4.92. The highest BCUT2D eigenvalue weighted by Gasteiger charge is 2.31. The zero-order valence-corrected chi connectivity index (χ0v) is 18.6. The lowest BCUT2D eigenvalue weighted by Gasteiger charge is -2.46. The second-order valence-corrected chi connectivity index (χ2v) is 7.66. The van der Waals surface area contributed by atoms with Crippen LogP contribution < -0.4 is 9.80 Å². The summed E-state index contributed by atoms with van der Waals surface area (Å²) in [7, 11) is 2.20. The largest absolute Gasteiger partial charge is 0.356 e. The van der Waals surface area contributed by atoms with Crippen molar-refractivity contribution in [3.05, 3.63) is 48.0 Å². The van der Waals surface area contributed by atoms with Crippen molar-refractivity contribution in [3.63, 3.8) is 0 Å². The van der Waals surface area contributed by atoms with E-state index in [1.54, 1.807) is 0 Å². The Morgan fingerprint density at radius 1 is 0.778 bits per heavy atom. The van der Waals surface area contributed by atoms with Crippen LogP contribution in [0, 0.1) is 6.92 Å². The van der Waals surface area contributed by atoms with Crippen LogP contribution in [0.1, 0.15) is 54.0 Å². The molecule has 1 aliphatic rings. The van der Waals surface area contributed by atoms with Gasteiger partial charge in [0.05, 0.1) is 12.4 Å². The minimum absolute atomic E-state index is 0.0853. The second kappa shape index (κ2) is 8.21. The number of rotatable bonds is 0. The molecule has 3 aromatic rings. The van der Waals surface area contributed by atoms with E-state index in [-0.39, 0.29) is 5.54 Å². The smallest absolute Gasteiger partial charge is 0.0905 e. The van der Waals surface area contributed by atoms with E-state index in [2.05, 4.69) is 87.0 Å². The van der Waals surface area contributed by atoms with Crippen molar-refractivity contribution < 1.29 is 0 Å². The molecule has 0 bridgehead atoms. The highest BCUT2D eigenvalue weighted by Crippen LogP contribution is 2.46. The lowest BCUT2D eigenvalue weighted by atomic mass is 9.90. The van der Waals surface area contributed by atoms with Crippen molar-refractivity contribution in [1.82, 2.24) is 0 Å². The fourth-order valence-corrected chi connectivity index (χ4v) is 3.94. The average molecular weight is 365 g/mol. The van der Waals surface area contributed by atoms with Crippen LogP contribution in [0.4, 0.5) is 11.4 Å². The topological polar surface area (TPSA) is 6.48 Å². The molecule has 0 radical (unpaired) electrons. The molecule has 0 saturated heterocycles. The number of fused-ring (bicyclic) bond motifs is 2. The number of benzene rings is 3. The van der Waals surface area contributed by atoms with Crippen LogP contribution >= 0.6 is 0 Å². The monoisotopic (exact) mass is 364 g/mol. The molecule has 1 aliphatic heterocycles. The molecule has 0 amide bonds. The Hall–Kier alpha value is -2.22. The van der Waals surface area contributed by atoms with E-state index in [1.165, 1.54) is 38.5 Å². The van der Waals surface area contributed by atoms with E-state index in [4.69, 9.17) is 0 Å². The molecule has 0 aromatic heterocycles. The summed E-state index contributed by atoms with van der Waals surface area (Å²) in [5.74, 6) is 0. The molecule has 0 N–H and O–H groups in total. The Labute approximate surface area is 165 Å². The summed E-state index contributed by atoms with van der Waals surface area (Å²) in [6.07, 6.45) is 0. The molecular weight excluding hydrogens is 328 g/mol. The van der Waals surface area contributed by atoms with Crippen LogP contribution in [0.15, 0.2) is 42.5 Å². The highest BCUT2D eigenvalue weighted by molar-refractivity contribution is 6.19. The molecule has 27 heavy (non-hydrogen) atoms. The van der Waals surface area contributed by atoms with Gasteiger partial charge < -0.3 is 9.80 Å². The fraction of sp³-hybridized carbons (Fsp3) is 0.440. The van der Waals surface area contributed by atoms with Gasteiger partial charge in [-0.05, 0) is 55.5 Å². The van der Waals surface area contributed by atoms with Crippen molar-refractivity contribution >= 4 is 32.9 Å². The van der Waals surface area contributed by atoms with Crippen LogP contribution in [0.5, 0.6) is 0 Å². The first-order valence-corrected chi connectivity index (χ1v) is 10.3. The Morgan fingerprint density at radius 2 is 1.33 bits per heavy atom. The molecule has 3 aromatic carbocycles. The average Bonchev–Trinajstić information content (AvgIpc) is 2.69. The summed E-state index contributed by atoms with van der Waals surface area (Å²) in [6.45, 7) is 18.1. The van der Waals surface area contributed by atoms with Crippen LogP contribution in [-0.2, 0) is 0 Å². The third-order valence-corrected chi connectivity index (χ3v) is 5.10. The van der Waals surface area contributed by atoms with Crippen molar-refractivity contribution in [2.24, 2.45) is 0 Å². The highest BCUT2D eigenvalue weighted by atomic mass is 15.3. The first-order valence-electron chi connectivity index (χ1n) is 10.3. The summed E-state index contributed by atoms with van der Waals surface area (Å²) >= 11 is 0. The molecule has 0 unspecified atom stereocenters. The van der Waals surface area contributed by atoms with Crippen molar-refractivity contribution in [2.75, 3.05) is 23.5 Å². The van der Waals surface area contributed by atoms with E-state index < -0.39 is 0 Å². The Morgan fingerprint density at radius 3 is 1.93 bits per heavy atom. The van der Waals surface area contributed by atoms with Gasteiger partial charge in [-0.3, -0.25) is 0 Å². The zero-order chi connectivity index (χ0) is 20.4. The molecule has 2 nitrogen and oxygen atoms in total. The van der Waals surface area contributed by atoms with E-state index in [0.29, 0.717) is 0 Å². The quantitative estimate of drug-likeness (QED) is 0.384. The molecule has 146 valence electrons. The summed E-state index contributed by atoms with van der Waals surface area (Å²) < 4.78 is 0. The molecule has 4 rings (SSSR count). The zero-order valence-electron chi connectivity index (χ0n) is 18.6. The Kier molecular flexibility index (Phi) is 6.41. The second-order valence-electron chi connectivity index (χ2n) is 7.66. The van der Waals surface area contributed by atoms with E-state index >= 15 is 0 Å². The first kappa shape index (κ1) is 21.1. The summed E-state index contributed by atoms with van der Waals surface area (Å²) in [6, 6.07) is 15.5. The fourth-order valence-electron chi connectivity index (χ4n) is 3.94. The third-order valence-electron chi connectivity index (χ3n) is 5.10. The maximum atomic E-state index is 2.55. The van der Waals surface area contributed by atoms with Crippen molar-refractivity contribution in [1.29, 1.82) is 0 Å². The molecule has 0 saturated carbocycles. The maximum absolute atomic E-state index is 2.55. The van der Waals surface area contributed by atoms with E-state index in [0.717, 1.165) is 6.67 Å². The van der Waals surface area contributed by atoms with Gasteiger partial charge >= 0.3 is 0 Å². The normalized spacial score (nSPS) is 13.1.